The molecule has 0 aliphatic carbocycles. The van der Waals surface area contributed by atoms with Gasteiger partial charge in [0.05, 0.1) is 0 Å². The molecule has 2 unspecified atom stereocenters. The van der Waals surface area contributed by atoms with Crippen molar-refractivity contribution in [3.8, 4) is 0 Å². The van der Waals surface area contributed by atoms with Crippen molar-refractivity contribution in [2.45, 2.75) is 51.8 Å². The van der Waals surface area contributed by atoms with E-state index in [0.717, 1.165) is 16.3 Å². The van der Waals surface area contributed by atoms with Crippen molar-refractivity contribution in [3.63, 3.8) is 0 Å². The van der Waals surface area contributed by atoms with Crippen LogP contribution in [0.5, 0.6) is 0 Å². The van der Waals surface area contributed by atoms with Gasteiger partial charge in [-0.1, -0.05) is 91.0 Å². The van der Waals surface area contributed by atoms with Crippen molar-refractivity contribution >= 4 is 34.4 Å². The smallest absolute Gasteiger partial charge is 0.408 e. The Labute approximate surface area is 241 Å². The summed E-state index contributed by atoms with van der Waals surface area (Å²) >= 11 is 0. The number of anilines is 1. The zero-order chi connectivity index (χ0) is 29.4. The van der Waals surface area contributed by atoms with Gasteiger partial charge in [0.2, 0.25) is 5.91 Å². The van der Waals surface area contributed by atoms with Gasteiger partial charge >= 0.3 is 6.09 Å². The summed E-state index contributed by atoms with van der Waals surface area (Å²) in [6, 6.07) is 30.4. The van der Waals surface area contributed by atoms with E-state index in [1.165, 1.54) is 4.90 Å². The molecule has 2 atom stereocenters. The Hall–Kier alpha value is -4.65. The lowest BCUT2D eigenvalue weighted by atomic mass is 10.00. The first-order chi connectivity index (χ1) is 19.6. The number of alkyl carbamates (subject to hydrolysis) is 1. The molecule has 4 aromatic rings. The summed E-state index contributed by atoms with van der Waals surface area (Å²) in [5, 5.41) is 7.84. The van der Waals surface area contributed by atoms with Crippen LogP contribution in [0.4, 0.5) is 10.5 Å². The summed E-state index contributed by atoms with van der Waals surface area (Å²) in [5.41, 5.74) is 1.43. The first kappa shape index (κ1) is 29.3. The first-order valence-electron chi connectivity index (χ1n) is 13.8. The van der Waals surface area contributed by atoms with Gasteiger partial charge in [-0.25, -0.2) is 4.79 Å². The fourth-order valence-electron chi connectivity index (χ4n) is 4.75. The number of carbonyl (C=O) groups excluding carboxylic acids is 3. The van der Waals surface area contributed by atoms with Crippen LogP contribution in [0.3, 0.4) is 0 Å². The second-order valence-electron chi connectivity index (χ2n) is 10.9. The monoisotopic (exact) mass is 551 g/mol. The molecule has 2 N–H and O–H groups in total. The maximum Gasteiger partial charge on any atom is 0.408 e. The number of amides is 3. The highest BCUT2D eigenvalue weighted by atomic mass is 16.6. The molecular weight excluding hydrogens is 514 g/mol. The van der Waals surface area contributed by atoms with Crippen LogP contribution < -0.4 is 10.6 Å². The van der Waals surface area contributed by atoms with Gasteiger partial charge in [-0.05, 0) is 61.7 Å². The molecule has 41 heavy (non-hydrogen) atoms. The lowest BCUT2D eigenvalue weighted by Gasteiger charge is -2.34. The highest BCUT2D eigenvalue weighted by molar-refractivity contribution is 6.00. The standard InChI is InChI=1S/C34H37N3O4/c1-5-37(32(39)29(22-24-14-8-6-9-15-24)36-33(40)41-34(2,3)4)30(26-17-10-7-11-18-26)31(38)35-28-21-20-25-16-12-13-19-27(25)23-28/h6-21,23,29-30H,5,22H2,1-4H3,(H,35,38)(H,36,40). The summed E-state index contributed by atoms with van der Waals surface area (Å²) in [4.78, 5) is 42.5. The molecule has 7 heteroatoms. The van der Waals surface area contributed by atoms with Gasteiger partial charge in [0.15, 0.2) is 0 Å². The fraction of sp³-hybridized carbons (Fsp3) is 0.265. The lowest BCUT2D eigenvalue weighted by Crippen LogP contribution is -2.53. The largest absolute Gasteiger partial charge is 0.444 e. The van der Waals surface area contributed by atoms with Gasteiger partial charge in [0, 0.05) is 18.7 Å². The van der Waals surface area contributed by atoms with Gasteiger partial charge < -0.3 is 20.3 Å². The van der Waals surface area contributed by atoms with Crippen molar-refractivity contribution in [1.82, 2.24) is 10.2 Å². The SMILES string of the molecule is CCN(C(=O)C(Cc1ccccc1)NC(=O)OC(C)(C)C)C(C(=O)Nc1ccc2ccccc2c1)c1ccccc1. The minimum absolute atomic E-state index is 0.239. The number of nitrogens with one attached hydrogen (secondary N) is 2. The van der Waals surface area contributed by atoms with Gasteiger partial charge in [0.25, 0.3) is 5.91 Å². The third-order valence-corrected chi connectivity index (χ3v) is 6.59. The summed E-state index contributed by atoms with van der Waals surface area (Å²) < 4.78 is 5.48. The molecule has 0 aliphatic rings. The van der Waals surface area contributed by atoms with Crippen LogP contribution in [0.1, 0.15) is 44.9 Å². The first-order valence-corrected chi connectivity index (χ1v) is 13.8. The molecular formula is C34H37N3O4. The molecule has 0 aliphatic heterocycles. The molecule has 3 amide bonds. The molecule has 0 spiro atoms. The van der Waals surface area contributed by atoms with E-state index >= 15 is 0 Å². The van der Waals surface area contributed by atoms with Crippen molar-refractivity contribution in [2.24, 2.45) is 0 Å². The number of hydrogen-bond donors (Lipinski definition) is 2. The molecule has 0 bridgehead atoms. The summed E-state index contributed by atoms with van der Waals surface area (Å²) in [7, 11) is 0. The summed E-state index contributed by atoms with van der Waals surface area (Å²) in [5.74, 6) is -0.734. The Balaban J connectivity index is 1.66. The van der Waals surface area contributed by atoms with Crippen LogP contribution in [0.25, 0.3) is 10.8 Å². The van der Waals surface area contributed by atoms with E-state index in [2.05, 4.69) is 10.6 Å². The number of benzene rings is 4. The second kappa shape index (κ2) is 13.1. The Morgan fingerprint density at radius 1 is 0.805 bits per heavy atom. The molecule has 4 aromatic carbocycles. The van der Waals surface area contributed by atoms with E-state index in [9.17, 15) is 14.4 Å². The minimum atomic E-state index is -0.952. The summed E-state index contributed by atoms with van der Waals surface area (Å²) in [6.07, 6.45) is -0.455. The van der Waals surface area contributed by atoms with Crippen LogP contribution in [-0.2, 0) is 20.7 Å². The normalized spacial score (nSPS) is 12.7. The average Bonchev–Trinajstić information content (AvgIpc) is 2.95. The highest BCUT2D eigenvalue weighted by Crippen LogP contribution is 2.26. The minimum Gasteiger partial charge on any atom is -0.444 e. The number of nitrogens with zero attached hydrogens (tertiary/aromatic N) is 1. The number of fused-ring (bicyclic) bond motifs is 1. The molecule has 0 saturated heterocycles. The van der Waals surface area contributed by atoms with E-state index < -0.39 is 23.8 Å². The third kappa shape index (κ3) is 7.94. The van der Waals surface area contributed by atoms with E-state index in [1.807, 2.05) is 110 Å². The van der Waals surface area contributed by atoms with Crippen molar-refractivity contribution < 1.29 is 19.1 Å². The molecule has 0 saturated carbocycles. The third-order valence-electron chi connectivity index (χ3n) is 6.59. The number of carbonyl (C=O) groups is 3. The van der Waals surface area contributed by atoms with Crippen LogP contribution in [0.2, 0.25) is 0 Å². The fourth-order valence-corrected chi connectivity index (χ4v) is 4.75. The van der Waals surface area contributed by atoms with Crippen molar-refractivity contribution in [2.75, 3.05) is 11.9 Å². The Morgan fingerprint density at radius 3 is 2.05 bits per heavy atom. The predicted octanol–water partition coefficient (Wildman–Crippen LogP) is 6.50. The molecule has 0 heterocycles. The van der Waals surface area contributed by atoms with Crippen LogP contribution >= 0.6 is 0 Å². The summed E-state index contributed by atoms with van der Waals surface area (Å²) in [6.45, 7) is 7.36. The zero-order valence-corrected chi connectivity index (χ0v) is 24.0. The van der Waals surface area contributed by atoms with Gasteiger partial charge in [0.1, 0.15) is 17.7 Å². The maximum atomic E-state index is 14.2. The number of likely N-dealkylation sites (N-methyl/N-ethyl adjacent to an activating group) is 1. The zero-order valence-electron chi connectivity index (χ0n) is 24.0. The lowest BCUT2D eigenvalue weighted by molar-refractivity contribution is -0.140. The Bertz CT molecular complexity index is 1480. The molecule has 0 fully saturated rings. The van der Waals surface area contributed by atoms with E-state index in [4.69, 9.17) is 4.74 Å². The quantitative estimate of drug-likeness (QED) is 0.248. The highest BCUT2D eigenvalue weighted by Gasteiger charge is 2.35. The van der Waals surface area contributed by atoms with E-state index in [-0.39, 0.29) is 24.8 Å². The molecule has 7 nitrogen and oxygen atoms in total. The van der Waals surface area contributed by atoms with E-state index in [1.54, 1.807) is 20.8 Å². The molecule has 0 radical (unpaired) electrons. The molecule has 212 valence electrons. The van der Waals surface area contributed by atoms with E-state index in [0.29, 0.717) is 11.3 Å². The van der Waals surface area contributed by atoms with Crippen molar-refractivity contribution in [3.05, 3.63) is 114 Å². The van der Waals surface area contributed by atoms with Gasteiger partial charge in [-0.2, -0.15) is 0 Å². The van der Waals surface area contributed by atoms with Crippen molar-refractivity contribution in [1.29, 1.82) is 0 Å². The average molecular weight is 552 g/mol. The molecule has 4 rings (SSSR count). The van der Waals surface area contributed by atoms with Crippen LogP contribution in [-0.4, -0.2) is 41.0 Å². The predicted molar refractivity (Wildman–Crippen MR) is 162 cm³/mol. The number of rotatable bonds is 9. The Kier molecular flexibility index (Phi) is 9.40. The number of ether oxygens (including phenoxy) is 1. The Morgan fingerprint density at radius 2 is 1.41 bits per heavy atom. The van der Waals surface area contributed by atoms with Gasteiger partial charge in [-0.3, -0.25) is 9.59 Å². The second-order valence-corrected chi connectivity index (χ2v) is 10.9. The molecule has 0 aromatic heterocycles. The van der Waals surface area contributed by atoms with Gasteiger partial charge in [-0.15, -0.1) is 0 Å². The number of hydrogen-bond acceptors (Lipinski definition) is 4. The van der Waals surface area contributed by atoms with Crippen LogP contribution in [0.15, 0.2) is 103 Å². The topological polar surface area (TPSA) is 87.7 Å². The van der Waals surface area contributed by atoms with Crippen LogP contribution in [0, 0.1) is 0 Å². The maximum absolute atomic E-state index is 14.2.